The summed E-state index contributed by atoms with van der Waals surface area (Å²) in [7, 11) is 0. The van der Waals surface area contributed by atoms with Gasteiger partial charge in [0.05, 0.1) is 11.7 Å². The number of ether oxygens (including phenoxy) is 2. The summed E-state index contributed by atoms with van der Waals surface area (Å²) in [5.74, 6) is 0.511. The van der Waals surface area contributed by atoms with Crippen LogP contribution < -0.4 is 10.6 Å². The van der Waals surface area contributed by atoms with Crippen molar-refractivity contribution >= 4 is 34.3 Å². The Bertz CT molecular complexity index is 1200. The molecule has 0 amide bonds. The molecule has 1 aliphatic rings. The maximum Gasteiger partial charge on any atom is 0.519 e. The van der Waals surface area contributed by atoms with E-state index in [-0.39, 0.29) is 35.8 Å². The van der Waals surface area contributed by atoms with Gasteiger partial charge in [-0.2, -0.15) is 0 Å². The highest BCUT2D eigenvalue weighted by molar-refractivity contribution is 8.15. The minimum Gasteiger partial charge on any atom is -0.491 e. The molecule has 33 heavy (non-hydrogen) atoms. The first-order chi connectivity index (χ1) is 15.9. The standard InChI is InChI=1S/C24H21ClO7S/c1-14-20(32-24(28)31-14)12-30-21(16-3-2-4-17(25)10-16)13-29-18-7-5-15(6-8-18)9-22-19(26)11-23(27)33-22/h2-8,10,21-22H,9,11-13H2,1H3. The molecule has 4 rings (SSSR count). The number of thioether (sulfide) groups is 1. The van der Waals surface area contributed by atoms with Crippen LogP contribution in [-0.2, 0) is 27.4 Å². The van der Waals surface area contributed by atoms with E-state index < -0.39 is 11.9 Å². The van der Waals surface area contributed by atoms with E-state index in [1.807, 2.05) is 36.4 Å². The summed E-state index contributed by atoms with van der Waals surface area (Å²) in [5, 5.41) is 0.187. The molecule has 0 radical (unpaired) electrons. The van der Waals surface area contributed by atoms with Crippen LogP contribution in [0.5, 0.6) is 5.75 Å². The Morgan fingerprint density at radius 3 is 2.55 bits per heavy atom. The van der Waals surface area contributed by atoms with Crippen LogP contribution in [0.2, 0.25) is 5.02 Å². The van der Waals surface area contributed by atoms with Crippen molar-refractivity contribution in [1.29, 1.82) is 0 Å². The van der Waals surface area contributed by atoms with Gasteiger partial charge in [0.2, 0.25) is 0 Å². The number of halogens is 1. The summed E-state index contributed by atoms with van der Waals surface area (Å²) in [5.41, 5.74) is 1.76. The molecule has 9 heteroatoms. The molecule has 2 aromatic carbocycles. The molecule has 1 aromatic heterocycles. The second-order valence-corrected chi connectivity index (χ2v) is 9.27. The van der Waals surface area contributed by atoms with Crippen LogP contribution >= 0.6 is 23.4 Å². The van der Waals surface area contributed by atoms with E-state index in [2.05, 4.69) is 0 Å². The summed E-state index contributed by atoms with van der Waals surface area (Å²) >= 11 is 7.25. The smallest absolute Gasteiger partial charge is 0.491 e. The Kier molecular flexibility index (Phi) is 7.37. The summed E-state index contributed by atoms with van der Waals surface area (Å²) in [6.07, 6.45) is 0.0452. The molecule has 0 aliphatic carbocycles. The van der Waals surface area contributed by atoms with Crippen LogP contribution in [0.3, 0.4) is 0 Å². The van der Waals surface area contributed by atoms with Crippen LogP contribution in [0.4, 0.5) is 0 Å². The molecule has 2 heterocycles. The molecule has 1 saturated heterocycles. The van der Waals surface area contributed by atoms with Crippen molar-refractivity contribution in [1.82, 2.24) is 0 Å². The summed E-state index contributed by atoms with van der Waals surface area (Å²) in [6.45, 7) is 1.85. The van der Waals surface area contributed by atoms with Gasteiger partial charge in [0.15, 0.2) is 16.7 Å². The minimum atomic E-state index is -0.774. The molecular formula is C24H21ClO7S. The van der Waals surface area contributed by atoms with Crippen LogP contribution in [0, 0.1) is 6.92 Å². The predicted octanol–water partition coefficient (Wildman–Crippen LogP) is 4.68. The molecule has 1 aliphatic heterocycles. The fourth-order valence-corrected chi connectivity index (χ4v) is 4.65. The average Bonchev–Trinajstić information content (AvgIpc) is 3.27. The van der Waals surface area contributed by atoms with E-state index in [1.165, 1.54) is 0 Å². The predicted molar refractivity (Wildman–Crippen MR) is 123 cm³/mol. The van der Waals surface area contributed by atoms with Gasteiger partial charge in [-0.05, 0) is 48.7 Å². The number of carbonyl (C=O) groups is 2. The van der Waals surface area contributed by atoms with Gasteiger partial charge >= 0.3 is 5.82 Å². The van der Waals surface area contributed by atoms with Crippen molar-refractivity contribution in [3.05, 3.63) is 86.8 Å². The molecule has 0 bridgehead atoms. The highest BCUT2D eigenvalue weighted by Crippen LogP contribution is 2.29. The Morgan fingerprint density at radius 1 is 1.12 bits per heavy atom. The van der Waals surface area contributed by atoms with Crippen molar-refractivity contribution in [2.24, 2.45) is 0 Å². The SMILES string of the molecule is Cc1oc(=O)oc1COC(COc1ccc(CC2SC(=O)CC2=O)cc1)c1cccc(Cl)c1. The van der Waals surface area contributed by atoms with Crippen LogP contribution in [-0.4, -0.2) is 22.8 Å². The van der Waals surface area contributed by atoms with Gasteiger partial charge in [-0.1, -0.05) is 47.6 Å². The molecule has 0 spiro atoms. The summed E-state index contributed by atoms with van der Waals surface area (Å²) in [4.78, 5) is 34.6. The van der Waals surface area contributed by atoms with Crippen molar-refractivity contribution in [3.63, 3.8) is 0 Å². The van der Waals surface area contributed by atoms with Crippen molar-refractivity contribution in [2.75, 3.05) is 6.61 Å². The zero-order chi connectivity index (χ0) is 23.4. The van der Waals surface area contributed by atoms with Gasteiger partial charge in [0, 0.05) is 5.02 Å². The number of Topliss-reactive ketones (excluding diaryl/α,β-unsaturated/α-hetero) is 1. The van der Waals surface area contributed by atoms with Gasteiger partial charge in [-0.3, -0.25) is 9.59 Å². The number of benzene rings is 2. The third kappa shape index (κ3) is 6.16. The van der Waals surface area contributed by atoms with Crippen molar-refractivity contribution in [2.45, 2.75) is 37.7 Å². The second kappa shape index (κ2) is 10.4. The number of hydrogen-bond donors (Lipinski definition) is 0. The maximum absolute atomic E-state index is 11.9. The molecule has 0 N–H and O–H groups in total. The number of rotatable bonds is 9. The number of hydrogen-bond acceptors (Lipinski definition) is 8. The zero-order valence-electron chi connectivity index (χ0n) is 17.7. The van der Waals surface area contributed by atoms with Gasteiger partial charge in [-0.25, -0.2) is 4.79 Å². The lowest BCUT2D eigenvalue weighted by Crippen LogP contribution is -2.15. The van der Waals surface area contributed by atoms with E-state index >= 15 is 0 Å². The van der Waals surface area contributed by atoms with Gasteiger partial charge in [0.25, 0.3) is 0 Å². The molecular weight excluding hydrogens is 468 g/mol. The van der Waals surface area contributed by atoms with Crippen molar-refractivity contribution in [3.8, 4) is 5.75 Å². The molecule has 2 atom stereocenters. The van der Waals surface area contributed by atoms with Crippen molar-refractivity contribution < 1.29 is 27.9 Å². The number of aryl methyl sites for hydroxylation is 1. The highest BCUT2D eigenvalue weighted by atomic mass is 35.5. The third-order valence-electron chi connectivity index (χ3n) is 5.17. The summed E-state index contributed by atoms with van der Waals surface area (Å²) in [6, 6.07) is 14.6. The monoisotopic (exact) mass is 488 g/mol. The van der Waals surface area contributed by atoms with Crippen LogP contribution in [0.15, 0.2) is 62.2 Å². The first-order valence-electron chi connectivity index (χ1n) is 10.3. The average molecular weight is 489 g/mol. The lowest BCUT2D eigenvalue weighted by atomic mass is 10.1. The van der Waals surface area contributed by atoms with E-state index in [9.17, 15) is 14.4 Å². The third-order valence-corrected chi connectivity index (χ3v) is 6.53. The quantitative estimate of drug-likeness (QED) is 0.401. The number of ketones is 1. The number of carbonyl (C=O) groups excluding carboxylic acids is 2. The zero-order valence-corrected chi connectivity index (χ0v) is 19.3. The minimum absolute atomic E-state index is 0.0170. The Morgan fingerprint density at radius 2 is 1.91 bits per heavy atom. The summed E-state index contributed by atoms with van der Waals surface area (Å²) < 4.78 is 21.8. The Balaban J connectivity index is 1.40. The lowest BCUT2D eigenvalue weighted by molar-refractivity contribution is -0.121. The largest absolute Gasteiger partial charge is 0.519 e. The van der Waals surface area contributed by atoms with Crippen LogP contribution in [0.25, 0.3) is 0 Å². The Labute approximate surface area is 199 Å². The first kappa shape index (κ1) is 23.4. The van der Waals surface area contributed by atoms with Crippen LogP contribution in [0.1, 0.15) is 35.2 Å². The first-order valence-corrected chi connectivity index (χ1v) is 11.5. The normalized spacial score (nSPS) is 16.8. The molecule has 3 aromatic rings. The fourth-order valence-electron chi connectivity index (χ4n) is 3.42. The van der Waals surface area contributed by atoms with E-state index in [0.29, 0.717) is 28.7 Å². The maximum atomic E-state index is 11.9. The molecule has 2 unspecified atom stereocenters. The topological polar surface area (TPSA) is 95.9 Å². The second-order valence-electron chi connectivity index (χ2n) is 7.57. The van der Waals surface area contributed by atoms with Gasteiger partial charge in [0.1, 0.15) is 30.8 Å². The molecule has 7 nitrogen and oxygen atoms in total. The Hall–Kier alpha value is -2.81. The van der Waals surface area contributed by atoms with E-state index in [0.717, 1.165) is 22.9 Å². The molecule has 0 saturated carbocycles. The van der Waals surface area contributed by atoms with Gasteiger partial charge < -0.3 is 18.3 Å². The highest BCUT2D eigenvalue weighted by Gasteiger charge is 2.31. The van der Waals surface area contributed by atoms with E-state index in [4.69, 9.17) is 29.9 Å². The fraction of sp³-hybridized carbons (Fsp3) is 0.292. The van der Waals surface area contributed by atoms with Gasteiger partial charge in [-0.15, -0.1) is 0 Å². The van der Waals surface area contributed by atoms with E-state index in [1.54, 1.807) is 19.1 Å². The molecule has 1 fully saturated rings. The lowest BCUT2D eigenvalue weighted by Gasteiger charge is -2.19. The molecule has 172 valence electrons.